The Morgan fingerprint density at radius 2 is 1.71 bits per heavy atom. The molecule has 2 aromatic carbocycles. The Hall–Kier alpha value is -1.42. The van der Waals surface area contributed by atoms with Gasteiger partial charge in [-0.3, -0.25) is 4.79 Å². The van der Waals surface area contributed by atoms with Gasteiger partial charge in [0.2, 0.25) is 5.91 Å². The first-order valence-electron chi connectivity index (χ1n) is 6.21. The van der Waals surface area contributed by atoms with Gasteiger partial charge in [0.25, 0.3) is 0 Å². The van der Waals surface area contributed by atoms with E-state index >= 15 is 0 Å². The van der Waals surface area contributed by atoms with Gasteiger partial charge in [-0.2, -0.15) is 0 Å². The molecule has 2 N–H and O–H groups in total. The summed E-state index contributed by atoms with van der Waals surface area (Å²) in [6.07, 6.45) is 0. The van der Waals surface area contributed by atoms with E-state index in [1.165, 1.54) is 6.92 Å². The van der Waals surface area contributed by atoms with Gasteiger partial charge >= 0.3 is 0 Å². The number of hydrogen-bond acceptors (Lipinski definition) is 2. The van der Waals surface area contributed by atoms with E-state index in [0.29, 0.717) is 27.3 Å². The Labute approximate surface area is 138 Å². The molecule has 110 valence electrons. The maximum Gasteiger partial charge on any atom is 0.221 e. The Morgan fingerprint density at radius 1 is 1.10 bits per heavy atom. The van der Waals surface area contributed by atoms with Crippen molar-refractivity contribution in [1.82, 2.24) is 0 Å². The van der Waals surface area contributed by atoms with Crippen molar-refractivity contribution < 1.29 is 4.79 Å². The Bertz CT molecular complexity index is 651. The van der Waals surface area contributed by atoms with Gasteiger partial charge in [-0.25, -0.2) is 0 Å². The van der Waals surface area contributed by atoms with E-state index in [2.05, 4.69) is 10.6 Å². The number of anilines is 2. The maximum absolute atomic E-state index is 11.2. The largest absolute Gasteiger partial charge is 0.378 e. The molecule has 0 fully saturated rings. The van der Waals surface area contributed by atoms with Gasteiger partial charge < -0.3 is 10.6 Å². The number of rotatable bonds is 4. The number of halogens is 3. The summed E-state index contributed by atoms with van der Waals surface area (Å²) in [5, 5.41) is 7.32. The second kappa shape index (κ2) is 7.03. The predicted octanol–water partition coefficient (Wildman–Crippen LogP) is 5.22. The highest BCUT2D eigenvalue weighted by atomic mass is 35.5. The minimum atomic E-state index is -0.120. The molecule has 0 unspecified atom stereocenters. The summed E-state index contributed by atoms with van der Waals surface area (Å²) in [4.78, 5) is 11.2. The summed E-state index contributed by atoms with van der Waals surface area (Å²) >= 11 is 18.1. The van der Waals surface area contributed by atoms with Gasteiger partial charge in [0, 0.05) is 24.2 Å². The third-order valence-corrected chi connectivity index (χ3v) is 3.60. The number of carbonyl (C=O) groups is 1. The molecule has 3 nitrogen and oxygen atoms in total. The van der Waals surface area contributed by atoms with Crippen LogP contribution in [0.3, 0.4) is 0 Å². The van der Waals surface area contributed by atoms with Crippen LogP contribution in [-0.2, 0) is 11.3 Å². The van der Waals surface area contributed by atoms with Gasteiger partial charge in [-0.05, 0) is 23.8 Å². The van der Waals surface area contributed by atoms with Crippen LogP contribution in [0, 0.1) is 0 Å². The van der Waals surface area contributed by atoms with Crippen LogP contribution in [-0.4, -0.2) is 5.91 Å². The molecule has 0 atom stereocenters. The van der Waals surface area contributed by atoms with Gasteiger partial charge in [0.15, 0.2) is 0 Å². The average Bonchev–Trinajstić information content (AvgIpc) is 2.38. The molecule has 1 amide bonds. The smallest absolute Gasteiger partial charge is 0.221 e. The molecular weight excluding hydrogens is 331 g/mol. The van der Waals surface area contributed by atoms with Crippen LogP contribution in [0.1, 0.15) is 12.5 Å². The van der Waals surface area contributed by atoms with E-state index in [4.69, 9.17) is 34.8 Å². The molecule has 2 aromatic rings. The minimum Gasteiger partial charge on any atom is -0.378 e. The van der Waals surface area contributed by atoms with Crippen LogP contribution in [0.4, 0.5) is 11.4 Å². The van der Waals surface area contributed by atoms with Crippen LogP contribution < -0.4 is 10.6 Å². The van der Waals surface area contributed by atoms with E-state index in [9.17, 15) is 4.79 Å². The summed E-state index contributed by atoms with van der Waals surface area (Å²) < 4.78 is 0. The lowest BCUT2D eigenvalue weighted by molar-refractivity contribution is -0.114. The molecule has 0 aliphatic heterocycles. The molecule has 0 bridgehead atoms. The van der Waals surface area contributed by atoms with E-state index < -0.39 is 0 Å². The molecule has 0 saturated carbocycles. The predicted molar refractivity (Wildman–Crippen MR) is 89.5 cm³/mol. The molecule has 0 saturated heterocycles. The van der Waals surface area contributed by atoms with E-state index in [0.717, 1.165) is 11.3 Å². The molecule has 0 spiro atoms. The van der Waals surface area contributed by atoms with Crippen molar-refractivity contribution in [2.24, 2.45) is 0 Å². The summed E-state index contributed by atoms with van der Waals surface area (Å²) in [7, 11) is 0. The average molecular weight is 344 g/mol. The second-order valence-electron chi connectivity index (χ2n) is 4.44. The number of hydrogen-bond donors (Lipinski definition) is 2. The Kier molecular flexibility index (Phi) is 5.34. The van der Waals surface area contributed by atoms with E-state index in [-0.39, 0.29) is 5.91 Å². The molecule has 0 aliphatic rings. The summed E-state index contributed by atoms with van der Waals surface area (Å²) in [5.74, 6) is -0.120. The fourth-order valence-corrected chi connectivity index (χ4v) is 2.83. The molecule has 0 aliphatic carbocycles. The van der Waals surface area contributed by atoms with Gasteiger partial charge in [-0.1, -0.05) is 53.0 Å². The van der Waals surface area contributed by atoms with Crippen molar-refractivity contribution in [3.63, 3.8) is 0 Å². The van der Waals surface area contributed by atoms with Crippen molar-refractivity contribution >= 4 is 52.1 Å². The van der Waals surface area contributed by atoms with Crippen LogP contribution in [0.25, 0.3) is 0 Å². The first kappa shape index (κ1) is 16.0. The zero-order valence-corrected chi connectivity index (χ0v) is 13.5. The number of amides is 1. The Balaban J connectivity index is 2.19. The lowest BCUT2D eigenvalue weighted by Gasteiger charge is -2.14. The highest BCUT2D eigenvalue weighted by Gasteiger charge is 2.09. The van der Waals surface area contributed by atoms with Gasteiger partial charge in [0.1, 0.15) is 0 Å². The number of para-hydroxylation sites is 1. The summed E-state index contributed by atoms with van der Waals surface area (Å²) in [6.45, 7) is 1.94. The number of carbonyl (C=O) groups excluding carboxylic acids is 1. The molecule has 6 heteroatoms. The minimum absolute atomic E-state index is 0.120. The second-order valence-corrected chi connectivity index (χ2v) is 5.69. The normalized spacial score (nSPS) is 10.3. The zero-order chi connectivity index (χ0) is 15.4. The van der Waals surface area contributed by atoms with Crippen molar-refractivity contribution in [3.05, 3.63) is 57.0 Å². The van der Waals surface area contributed by atoms with Crippen LogP contribution in [0.5, 0.6) is 0 Å². The van der Waals surface area contributed by atoms with Crippen molar-refractivity contribution in [1.29, 1.82) is 0 Å². The first-order valence-corrected chi connectivity index (χ1v) is 7.34. The highest BCUT2D eigenvalue weighted by Crippen LogP contribution is 2.34. The van der Waals surface area contributed by atoms with Crippen molar-refractivity contribution in [3.8, 4) is 0 Å². The van der Waals surface area contributed by atoms with Crippen molar-refractivity contribution in [2.45, 2.75) is 13.5 Å². The fourth-order valence-electron chi connectivity index (χ4n) is 1.88. The van der Waals surface area contributed by atoms with Crippen LogP contribution in [0.15, 0.2) is 36.4 Å². The van der Waals surface area contributed by atoms with E-state index in [1.54, 1.807) is 12.1 Å². The first-order chi connectivity index (χ1) is 9.97. The zero-order valence-electron chi connectivity index (χ0n) is 11.2. The summed E-state index contributed by atoms with van der Waals surface area (Å²) in [6, 6.07) is 10.7. The van der Waals surface area contributed by atoms with Crippen LogP contribution >= 0.6 is 34.8 Å². The topological polar surface area (TPSA) is 41.1 Å². The molecular formula is C15H13Cl3N2O. The van der Waals surface area contributed by atoms with Crippen molar-refractivity contribution in [2.75, 3.05) is 10.6 Å². The van der Waals surface area contributed by atoms with Gasteiger partial charge in [0.05, 0.1) is 15.7 Å². The molecule has 2 rings (SSSR count). The summed E-state index contributed by atoms with van der Waals surface area (Å²) in [5.41, 5.74) is 2.29. The van der Waals surface area contributed by atoms with E-state index in [1.807, 2.05) is 24.3 Å². The third-order valence-electron chi connectivity index (χ3n) is 2.79. The third kappa shape index (κ3) is 4.27. The maximum atomic E-state index is 11.2. The molecule has 0 aromatic heterocycles. The molecule has 21 heavy (non-hydrogen) atoms. The standard InChI is InChI=1S/C15H13Cl3N2O/c1-9(21)20-14-5-3-2-4-10(14)8-19-15-12(17)6-11(16)7-13(15)18/h2-7,19H,8H2,1H3,(H,20,21). The number of benzene rings is 2. The fraction of sp³-hybridized carbons (Fsp3) is 0.133. The van der Waals surface area contributed by atoms with Gasteiger partial charge in [-0.15, -0.1) is 0 Å². The molecule has 0 heterocycles. The Morgan fingerprint density at radius 3 is 2.33 bits per heavy atom. The SMILES string of the molecule is CC(=O)Nc1ccccc1CNc1c(Cl)cc(Cl)cc1Cl. The lowest BCUT2D eigenvalue weighted by atomic mass is 10.1. The van der Waals surface area contributed by atoms with Crippen LogP contribution in [0.2, 0.25) is 15.1 Å². The quantitative estimate of drug-likeness (QED) is 0.799. The lowest BCUT2D eigenvalue weighted by Crippen LogP contribution is -2.10. The number of nitrogens with one attached hydrogen (secondary N) is 2. The monoisotopic (exact) mass is 342 g/mol. The molecule has 0 radical (unpaired) electrons. The highest BCUT2D eigenvalue weighted by molar-refractivity contribution is 6.41.